The number of benzene rings is 2. The molecule has 0 saturated carbocycles. The van der Waals surface area contributed by atoms with E-state index in [1.165, 1.54) is 17.8 Å². The van der Waals surface area contributed by atoms with Gasteiger partial charge in [-0.15, -0.1) is 11.8 Å². The minimum atomic E-state index is -0.789. The van der Waals surface area contributed by atoms with Crippen LogP contribution in [0.1, 0.15) is 5.56 Å². The molecule has 0 atom stereocenters. The summed E-state index contributed by atoms with van der Waals surface area (Å²) in [4.78, 5) is 11.8. The molecule has 7 heteroatoms. The molecule has 122 valence electrons. The van der Waals surface area contributed by atoms with Crippen LogP contribution in [0.25, 0.3) is 0 Å². The van der Waals surface area contributed by atoms with Gasteiger partial charge in [0.05, 0.1) is 23.0 Å². The number of nitrogens with one attached hydrogen (secondary N) is 1. The summed E-state index contributed by atoms with van der Waals surface area (Å²) in [6.07, 6.45) is 0. The number of halogens is 3. The first kappa shape index (κ1) is 17.7. The van der Waals surface area contributed by atoms with Crippen molar-refractivity contribution in [3.63, 3.8) is 0 Å². The lowest BCUT2D eigenvalue weighted by Crippen LogP contribution is -2.15. The van der Waals surface area contributed by atoms with Gasteiger partial charge in [0.2, 0.25) is 5.91 Å². The lowest BCUT2D eigenvalue weighted by molar-refractivity contribution is -0.113. The van der Waals surface area contributed by atoms with Gasteiger partial charge < -0.3 is 10.1 Å². The molecule has 1 N–H and O–H groups in total. The third-order valence-corrected chi connectivity index (χ3v) is 4.55. The number of ether oxygens (including phenoxy) is 1. The molecule has 0 spiro atoms. The van der Waals surface area contributed by atoms with Gasteiger partial charge in [-0.2, -0.15) is 0 Å². The predicted molar refractivity (Wildman–Crippen MR) is 91.8 cm³/mol. The molecule has 0 saturated heterocycles. The Morgan fingerprint density at radius 3 is 2.70 bits per heavy atom. The lowest BCUT2D eigenvalue weighted by atomic mass is 10.2. The number of carbonyl (C=O) groups excluding carboxylic acids is 1. The van der Waals surface area contributed by atoms with E-state index >= 15 is 0 Å². The monoisotopic (exact) mass is 401 g/mol. The topological polar surface area (TPSA) is 38.3 Å². The van der Waals surface area contributed by atoms with Gasteiger partial charge in [0.15, 0.2) is 0 Å². The number of hydrogen-bond donors (Lipinski definition) is 1. The highest BCUT2D eigenvalue weighted by Crippen LogP contribution is 2.27. The second kappa shape index (κ2) is 8.31. The first-order chi connectivity index (χ1) is 11.0. The number of rotatable bonds is 6. The normalized spacial score (nSPS) is 10.4. The maximum absolute atomic E-state index is 13.4. The van der Waals surface area contributed by atoms with Crippen molar-refractivity contribution in [1.29, 1.82) is 0 Å². The first-order valence-corrected chi connectivity index (χ1v) is 8.59. The highest BCUT2D eigenvalue weighted by molar-refractivity contribution is 9.10. The van der Waals surface area contributed by atoms with Gasteiger partial charge in [-0.3, -0.25) is 4.79 Å². The van der Waals surface area contributed by atoms with Crippen LogP contribution in [0.3, 0.4) is 0 Å². The van der Waals surface area contributed by atoms with E-state index in [2.05, 4.69) is 21.2 Å². The van der Waals surface area contributed by atoms with E-state index in [4.69, 9.17) is 4.74 Å². The molecule has 23 heavy (non-hydrogen) atoms. The lowest BCUT2D eigenvalue weighted by Gasteiger charge is -2.08. The Bertz CT molecular complexity index is 712. The van der Waals surface area contributed by atoms with Gasteiger partial charge in [0, 0.05) is 11.8 Å². The van der Waals surface area contributed by atoms with Crippen LogP contribution < -0.4 is 10.1 Å². The van der Waals surface area contributed by atoms with Gasteiger partial charge in [0.1, 0.15) is 17.4 Å². The quantitative estimate of drug-likeness (QED) is 0.767. The van der Waals surface area contributed by atoms with E-state index in [-0.39, 0.29) is 17.3 Å². The summed E-state index contributed by atoms with van der Waals surface area (Å²) in [5.41, 5.74) is 1.01. The van der Waals surface area contributed by atoms with Crippen LogP contribution in [0, 0.1) is 11.6 Å². The average Bonchev–Trinajstić information content (AvgIpc) is 2.50. The van der Waals surface area contributed by atoms with Crippen LogP contribution >= 0.6 is 27.7 Å². The molecule has 0 aliphatic carbocycles. The fraction of sp³-hybridized carbons (Fsp3) is 0.188. The Morgan fingerprint density at radius 2 is 2.04 bits per heavy atom. The largest absolute Gasteiger partial charge is 0.496 e. The molecule has 3 nitrogen and oxygen atoms in total. The van der Waals surface area contributed by atoms with Gasteiger partial charge in [0.25, 0.3) is 0 Å². The van der Waals surface area contributed by atoms with E-state index in [0.29, 0.717) is 5.75 Å². The van der Waals surface area contributed by atoms with Gasteiger partial charge in [-0.05, 0) is 45.8 Å². The SMILES string of the molecule is COc1ccc(CSCC(=O)Nc2ccc(F)cc2F)cc1Br. The Kier molecular flexibility index (Phi) is 6.41. The molecule has 0 fully saturated rings. The average molecular weight is 402 g/mol. The molecule has 2 aromatic carbocycles. The minimum absolute atomic E-state index is 0.0239. The second-order valence-corrected chi connectivity index (χ2v) is 6.47. The maximum atomic E-state index is 13.4. The smallest absolute Gasteiger partial charge is 0.234 e. The molecule has 1 amide bonds. The first-order valence-electron chi connectivity index (χ1n) is 6.64. The van der Waals surface area contributed by atoms with Gasteiger partial charge in [-0.1, -0.05) is 6.07 Å². The van der Waals surface area contributed by atoms with E-state index in [0.717, 1.165) is 27.9 Å². The zero-order valence-electron chi connectivity index (χ0n) is 12.2. The Morgan fingerprint density at radius 1 is 1.26 bits per heavy atom. The van der Waals surface area contributed by atoms with Crippen molar-refractivity contribution in [1.82, 2.24) is 0 Å². The molecule has 2 aromatic rings. The molecule has 0 aromatic heterocycles. The molecule has 0 unspecified atom stereocenters. The summed E-state index contributed by atoms with van der Waals surface area (Å²) in [5, 5.41) is 2.42. The van der Waals surface area contributed by atoms with Crippen molar-refractivity contribution >= 4 is 39.3 Å². The van der Waals surface area contributed by atoms with Gasteiger partial charge >= 0.3 is 0 Å². The van der Waals surface area contributed by atoms with Crippen LogP contribution in [0.5, 0.6) is 5.75 Å². The number of anilines is 1. The van der Waals surface area contributed by atoms with E-state index in [9.17, 15) is 13.6 Å². The van der Waals surface area contributed by atoms with Crippen LogP contribution in [-0.2, 0) is 10.5 Å². The predicted octanol–water partition coefficient (Wildman–Crippen LogP) is 4.61. The maximum Gasteiger partial charge on any atom is 0.234 e. The van der Waals surface area contributed by atoms with Crippen molar-refractivity contribution < 1.29 is 18.3 Å². The Balaban J connectivity index is 1.84. The van der Waals surface area contributed by atoms with Crippen molar-refractivity contribution in [3.05, 3.63) is 58.1 Å². The highest BCUT2D eigenvalue weighted by Gasteiger charge is 2.08. The summed E-state index contributed by atoms with van der Waals surface area (Å²) in [6, 6.07) is 8.71. The third kappa shape index (κ3) is 5.21. The summed E-state index contributed by atoms with van der Waals surface area (Å²) in [6.45, 7) is 0. The fourth-order valence-electron chi connectivity index (χ4n) is 1.84. The second-order valence-electron chi connectivity index (χ2n) is 4.63. The number of carbonyl (C=O) groups is 1. The molecule has 0 aliphatic heterocycles. The Hall–Kier alpha value is -1.60. The number of hydrogen-bond acceptors (Lipinski definition) is 3. The van der Waals surface area contributed by atoms with E-state index in [1.54, 1.807) is 7.11 Å². The zero-order valence-corrected chi connectivity index (χ0v) is 14.6. The summed E-state index contributed by atoms with van der Waals surface area (Å²) >= 11 is 4.79. The van der Waals surface area contributed by atoms with Gasteiger partial charge in [-0.25, -0.2) is 8.78 Å². The summed E-state index contributed by atoms with van der Waals surface area (Å²) < 4.78 is 32.2. The third-order valence-electron chi connectivity index (χ3n) is 2.92. The molecule has 2 rings (SSSR count). The molecular weight excluding hydrogens is 388 g/mol. The minimum Gasteiger partial charge on any atom is -0.496 e. The standard InChI is InChI=1S/C16H14BrF2NO2S/c1-22-15-5-2-10(6-12(15)17)8-23-9-16(21)20-14-4-3-11(18)7-13(14)19/h2-7H,8-9H2,1H3,(H,20,21). The highest BCUT2D eigenvalue weighted by atomic mass is 79.9. The van der Waals surface area contributed by atoms with Crippen LogP contribution in [0.15, 0.2) is 40.9 Å². The summed E-state index contributed by atoms with van der Waals surface area (Å²) in [5.74, 6) is -0.277. The Labute approximate surface area is 145 Å². The molecular formula is C16H14BrF2NO2S. The molecule has 0 aliphatic rings. The fourth-order valence-corrected chi connectivity index (χ4v) is 3.20. The molecule has 0 bridgehead atoms. The van der Waals surface area contributed by atoms with Crippen molar-refractivity contribution in [2.75, 3.05) is 18.2 Å². The van der Waals surface area contributed by atoms with Crippen LogP contribution in [0.4, 0.5) is 14.5 Å². The van der Waals surface area contributed by atoms with E-state index in [1.807, 2.05) is 18.2 Å². The van der Waals surface area contributed by atoms with Crippen molar-refractivity contribution in [2.45, 2.75) is 5.75 Å². The van der Waals surface area contributed by atoms with Crippen LogP contribution in [-0.4, -0.2) is 18.8 Å². The number of methoxy groups -OCH3 is 1. The molecule has 0 radical (unpaired) electrons. The zero-order chi connectivity index (χ0) is 16.8. The summed E-state index contributed by atoms with van der Waals surface area (Å²) in [7, 11) is 1.59. The molecule has 0 heterocycles. The van der Waals surface area contributed by atoms with E-state index < -0.39 is 11.6 Å². The van der Waals surface area contributed by atoms with Crippen molar-refractivity contribution in [3.8, 4) is 5.75 Å². The number of thioether (sulfide) groups is 1. The number of amides is 1. The van der Waals surface area contributed by atoms with Crippen LogP contribution in [0.2, 0.25) is 0 Å². The van der Waals surface area contributed by atoms with Crippen molar-refractivity contribution in [2.24, 2.45) is 0 Å².